The van der Waals surface area contributed by atoms with Crippen molar-refractivity contribution in [2.75, 3.05) is 24.9 Å². The van der Waals surface area contributed by atoms with Crippen LogP contribution in [0.3, 0.4) is 0 Å². The van der Waals surface area contributed by atoms with Crippen LogP contribution in [0.5, 0.6) is 11.5 Å². The molecule has 176 valence electrons. The van der Waals surface area contributed by atoms with E-state index in [0.29, 0.717) is 38.1 Å². The molecular weight excluding hydrogens is 474 g/mol. The molecule has 2 aromatic heterocycles. The third-order valence-corrected chi connectivity index (χ3v) is 7.60. The highest BCUT2D eigenvalue weighted by Gasteiger charge is 2.27. The van der Waals surface area contributed by atoms with E-state index in [-0.39, 0.29) is 12.3 Å². The van der Waals surface area contributed by atoms with Crippen LogP contribution in [0.1, 0.15) is 11.3 Å². The predicted molar refractivity (Wildman–Crippen MR) is 132 cm³/mol. The average Bonchev–Trinajstić information content (AvgIpc) is 3.27. The third kappa shape index (κ3) is 5.35. The van der Waals surface area contributed by atoms with Crippen LogP contribution < -0.4 is 14.4 Å². The van der Waals surface area contributed by atoms with Gasteiger partial charge in [-0.1, -0.05) is 47.7 Å². The van der Waals surface area contributed by atoms with Crippen LogP contribution in [0.25, 0.3) is 10.2 Å². The van der Waals surface area contributed by atoms with Gasteiger partial charge in [-0.15, -0.1) is 0 Å². The lowest BCUT2D eigenvalue weighted by Crippen LogP contribution is -2.36. The van der Waals surface area contributed by atoms with Crippen LogP contribution in [0.15, 0.2) is 66.9 Å². The van der Waals surface area contributed by atoms with Gasteiger partial charge in [-0.25, -0.2) is 13.4 Å². The standard InChI is InChI=1S/C24H23N3O5S2/c1-31-19-11-12-20(32-2)23-22(19)26-24(33-23)27(14-18-10-6-7-13-25-18)21(28)16-34(29,30)15-17-8-4-3-5-9-17/h3-13H,14-16H2,1-2H3. The van der Waals surface area contributed by atoms with E-state index in [4.69, 9.17) is 9.47 Å². The molecule has 0 aliphatic heterocycles. The minimum atomic E-state index is -3.72. The molecule has 1 amide bonds. The monoisotopic (exact) mass is 497 g/mol. The first-order valence-electron chi connectivity index (χ1n) is 10.4. The molecule has 4 rings (SSSR count). The first kappa shape index (κ1) is 23.7. The molecule has 0 bridgehead atoms. The van der Waals surface area contributed by atoms with E-state index in [1.54, 1.807) is 61.8 Å². The van der Waals surface area contributed by atoms with Gasteiger partial charge in [-0.05, 0) is 29.8 Å². The zero-order valence-corrected chi connectivity index (χ0v) is 20.3. The summed E-state index contributed by atoms with van der Waals surface area (Å²) in [6.07, 6.45) is 1.62. The lowest BCUT2D eigenvalue weighted by molar-refractivity contribution is -0.116. The van der Waals surface area contributed by atoms with Crippen LogP contribution in [-0.2, 0) is 26.9 Å². The summed E-state index contributed by atoms with van der Waals surface area (Å²) in [5.74, 6) is -0.350. The highest BCUT2D eigenvalue weighted by Crippen LogP contribution is 2.40. The third-order valence-electron chi connectivity index (χ3n) is 5.05. The minimum Gasteiger partial charge on any atom is -0.495 e. The van der Waals surface area contributed by atoms with Gasteiger partial charge >= 0.3 is 0 Å². The van der Waals surface area contributed by atoms with Crippen molar-refractivity contribution in [2.45, 2.75) is 12.3 Å². The molecule has 0 aliphatic rings. The van der Waals surface area contributed by atoms with Crippen LogP contribution in [-0.4, -0.2) is 44.3 Å². The molecular formula is C24H23N3O5S2. The van der Waals surface area contributed by atoms with E-state index in [1.807, 2.05) is 12.1 Å². The fourth-order valence-electron chi connectivity index (χ4n) is 3.45. The maximum absolute atomic E-state index is 13.4. The number of pyridine rings is 1. The van der Waals surface area contributed by atoms with Crippen LogP contribution >= 0.6 is 11.3 Å². The molecule has 0 atom stereocenters. The Balaban J connectivity index is 1.70. The van der Waals surface area contributed by atoms with Crippen molar-refractivity contribution in [1.29, 1.82) is 0 Å². The number of amides is 1. The van der Waals surface area contributed by atoms with E-state index >= 15 is 0 Å². The second-order valence-electron chi connectivity index (χ2n) is 7.46. The topological polar surface area (TPSA) is 98.7 Å². The van der Waals surface area contributed by atoms with Crippen LogP contribution in [0, 0.1) is 0 Å². The lowest BCUT2D eigenvalue weighted by Gasteiger charge is -2.19. The maximum Gasteiger partial charge on any atom is 0.244 e. The van der Waals surface area contributed by atoms with Crippen LogP contribution in [0.2, 0.25) is 0 Å². The summed E-state index contributed by atoms with van der Waals surface area (Å²) < 4.78 is 37.3. The summed E-state index contributed by atoms with van der Waals surface area (Å²) in [5, 5.41) is 0.336. The Labute approximate surface area is 201 Å². The zero-order valence-electron chi connectivity index (χ0n) is 18.7. The number of sulfone groups is 1. The SMILES string of the molecule is COc1ccc(OC)c2sc(N(Cc3ccccn3)C(=O)CS(=O)(=O)Cc3ccccc3)nc12. The van der Waals surface area contributed by atoms with Gasteiger partial charge in [0.25, 0.3) is 0 Å². The first-order valence-corrected chi connectivity index (χ1v) is 13.0. The van der Waals surface area contributed by atoms with Gasteiger partial charge < -0.3 is 9.47 Å². The number of carbonyl (C=O) groups is 1. The molecule has 2 aromatic carbocycles. The number of thiazole rings is 1. The molecule has 0 saturated carbocycles. The number of ether oxygens (including phenoxy) is 2. The summed E-state index contributed by atoms with van der Waals surface area (Å²) in [5.41, 5.74) is 1.77. The summed E-state index contributed by atoms with van der Waals surface area (Å²) in [4.78, 5) is 23.6. The fourth-order valence-corrected chi connectivity index (χ4v) is 5.88. The van der Waals surface area contributed by atoms with Crippen molar-refractivity contribution in [3.8, 4) is 11.5 Å². The molecule has 8 nitrogen and oxygen atoms in total. The summed E-state index contributed by atoms with van der Waals surface area (Å²) >= 11 is 1.23. The van der Waals surface area contributed by atoms with E-state index in [9.17, 15) is 13.2 Å². The molecule has 0 spiro atoms. The number of hydrogen-bond acceptors (Lipinski definition) is 8. The van der Waals surface area contributed by atoms with E-state index in [2.05, 4.69) is 9.97 Å². The van der Waals surface area contributed by atoms with Crippen molar-refractivity contribution in [1.82, 2.24) is 9.97 Å². The number of methoxy groups -OCH3 is 2. The number of hydrogen-bond donors (Lipinski definition) is 0. The summed E-state index contributed by atoms with van der Waals surface area (Å²) in [6, 6.07) is 17.6. The van der Waals surface area contributed by atoms with E-state index in [0.717, 1.165) is 0 Å². The van der Waals surface area contributed by atoms with Gasteiger partial charge in [-0.2, -0.15) is 0 Å². The molecule has 34 heavy (non-hydrogen) atoms. The molecule has 0 N–H and O–H groups in total. The van der Waals surface area contributed by atoms with E-state index in [1.165, 1.54) is 23.3 Å². The van der Waals surface area contributed by atoms with Crippen LogP contribution in [0.4, 0.5) is 5.13 Å². The molecule has 10 heteroatoms. The largest absolute Gasteiger partial charge is 0.495 e. The Bertz CT molecular complexity index is 1350. The number of benzene rings is 2. The molecule has 0 aliphatic carbocycles. The van der Waals surface area contributed by atoms with E-state index < -0.39 is 21.5 Å². The lowest BCUT2D eigenvalue weighted by atomic mass is 10.2. The van der Waals surface area contributed by atoms with Gasteiger partial charge in [-0.3, -0.25) is 14.7 Å². The highest BCUT2D eigenvalue weighted by molar-refractivity contribution is 7.91. The minimum absolute atomic E-state index is 0.0744. The van der Waals surface area contributed by atoms with Gasteiger partial charge in [0.2, 0.25) is 5.91 Å². The second-order valence-corrected chi connectivity index (χ2v) is 10.5. The molecule has 4 aromatic rings. The Hall–Kier alpha value is -3.50. The Morgan fingerprint density at radius 1 is 0.971 bits per heavy atom. The smallest absolute Gasteiger partial charge is 0.244 e. The number of carbonyl (C=O) groups excluding carboxylic acids is 1. The number of rotatable bonds is 9. The molecule has 0 saturated heterocycles. The fraction of sp³-hybridized carbons (Fsp3) is 0.208. The molecule has 2 heterocycles. The molecule has 0 radical (unpaired) electrons. The Kier molecular flexibility index (Phi) is 7.09. The van der Waals surface area contributed by atoms with Gasteiger partial charge in [0.05, 0.1) is 32.2 Å². The molecule has 0 fully saturated rings. The first-order chi connectivity index (χ1) is 16.4. The van der Waals surface area contributed by atoms with Crippen molar-refractivity contribution in [3.05, 3.63) is 78.1 Å². The average molecular weight is 498 g/mol. The van der Waals surface area contributed by atoms with Crippen molar-refractivity contribution < 1.29 is 22.7 Å². The number of nitrogens with zero attached hydrogens (tertiary/aromatic N) is 3. The normalized spacial score (nSPS) is 11.4. The van der Waals surface area contributed by atoms with Crippen molar-refractivity contribution >= 4 is 42.4 Å². The number of fused-ring (bicyclic) bond motifs is 1. The number of anilines is 1. The van der Waals surface area contributed by atoms with Crippen molar-refractivity contribution in [3.63, 3.8) is 0 Å². The molecule has 0 unspecified atom stereocenters. The zero-order chi connectivity index (χ0) is 24.1. The van der Waals surface area contributed by atoms with Crippen molar-refractivity contribution in [2.24, 2.45) is 0 Å². The van der Waals surface area contributed by atoms with Gasteiger partial charge in [0.1, 0.15) is 27.5 Å². The summed E-state index contributed by atoms with van der Waals surface area (Å²) in [6.45, 7) is 0.0744. The highest BCUT2D eigenvalue weighted by atomic mass is 32.2. The quantitative estimate of drug-likeness (QED) is 0.346. The Morgan fingerprint density at radius 2 is 1.68 bits per heavy atom. The van der Waals surface area contributed by atoms with Gasteiger partial charge in [0, 0.05) is 6.20 Å². The predicted octanol–water partition coefficient (Wildman–Crippen LogP) is 3.86. The Morgan fingerprint density at radius 3 is 2.35 bits per heavy atom. The maximum atomic E-state index is 13.4. The second kappa shape index (κ2) is 10.2. The number of aromatic nitrogens is 2. The summed E-state index contributed by atoms with van der Waals surface area (Å²) in [7, 11) is -0.635. The van der Waals surface area contributed by atoms with Gasteiger partial charge in [0.15, 0.2) is 15.0 Å².